The fraction of sp³-hybridized carbons (Fsp3) is 0.250. The lowest BCUT2D eigenvalue weighted by Crippen LogP contribution is -2.30. The fourth-order valence-corrected chi connectivity index (χ4v) is 2.80. The molecular formula is C12H12N2O2S. The molecule has 0 bridgehead atoms. The van der Waals surface area contributed by atoms with Crippen LogP contribution in [0.2, 0.25) is 0 Å². The molecule has 3 rings (SSSR count). The topological polar surface area (TPSA) is 61.3 Å². The molecule has 0 aliphatic carbocycles. The van der Waals surface area contributed by atoms with Gasteiger partial charge in [0.05, 0.1) is 18.5 Å². The Bertz CT molecular complexity index is 523. The summed E-state index contributed by atoms with van der Waals surface area (Å²) in [4.78, 5) is 1.19. The summed E-state index contributed by atoms with van der Waals surface area (Å²) in [6.45, 7) is 1.64. The number of benzene rings is 1. The Morgan fingerprint density at radius 1 is 1.29 bits per heavy atom. The summed E-state index contributed by atoms with van der Waals surface area (Å²) < 4.78 is 10.1. The van der Waals surface area contributed by atoms with E-state index >= 15 is 0 Å². The van der Waals surface area contributed by atoms with Crippen LogP contribution in [0.5, 0.6) is 0 Å². The smallest absolute Gasteiger partial charge is 0.222 e. The Kier molecular flexibility index (Phi) is 2.78. The maximum absolute atomic E-state index is 5.55. The van der Waals surface area contributed by atoms with Crippen molar-refractivity contribution in [2.75, 3.05) is 18.9 Å². The van der Waals surface area contributed by atoms with Gasteiger partial charge in [-0.15, -0.1) is 11.8 Å². The van der Waals surface area contributed by atoms with E-state index in [0.29, 0.717) is 11.1 Å². The molecule has 2 aromatic rings. The molecule has 0 atom stereocenters. The van der Waals surface area contributed by atoms with E-state index < -0.39 is 0 Å². The van der Waals surface area contributed by atoms with Crippen molar-refractivity contribution in [3.05, 3.63) is 30.3 Å². The van der Waals surface area contributed by atoms with Crippen molar-refractivity contribution in [1.82, 2.24) is 5.16 Å². The Hall–Kier alpha value is -1.46. The molecule has 1 aliphatic rings. The molecule has 0 saturated carbocycles. The number of hydrogen-bond acceptors (Lipinski definition) is 5. The van der Waals surface area contributed by atoms with Gasteiger partial charge < -0.3 is 15.0 Å². The van der Waals surface area contributed by atoms with E-state index in [1.807, 2.05) is 30.0 Å². The van der Waals surface area contributed by atoms with Crippen molar-refractivity contribution >= 4 is 17.6 Å². The van der Waals surface area contributed by atoms with E-state index in [0.717, 1.165) is 24.5 Å². The maximum Gasteiger partial charge on any atom is 0.222 e. The summed E-state index contributed by atoms with van der Waals surface area (Å²) in [5, 5.41) is 4.50. The molecule has 0 unspecified atom stereocenters. The van der Waals surface area contributed by atoms with E-state index in [1.54, 1.807) is 6.07 Å². The van der Waals surface area contributed by atoms with Crippen molar-refractivity contribution in [3.63, 3.8) is 0 Å². The van der Waals surface area contributed by atoms with Crippen molar-refractivity contribution in [2.45, 2.75) is 10.1 Å². The number of rotatable bonds is 3. The summed E-state index contributed by atoms with van der Waals surface area (Å²) in [6.07, 6.45) is 0. The highest BCUT2D eigenvalue weighted by atomic mass is 32.2. The average molecular weight is 248 g/mol. The predicted molar refractivity (Wildman–Crippen MR) is 66.8 cm³/mol. The van der Waals surface area contributed by atoms with Crippen LogP contribution in [0, 0.1) is 0 Å². The van der Waals surface area contributed by atoms with E-state index in [-0.39, 0.29) is 0 Å². The molecule has 0 radical (unpaired) electrons. The molecule has 1 fully saturated rings. The van der Waals surface area contributed by atoms with E-state index in [1.165, 1.54) is 4.90 Å². The van der Waals surface area contributed by atoms with Crippen LogP contribution in [0.3, 0.4) is 0 Å². The number of ether oxygens (including phenoxy) is 1. The van der Waals surface area contributed by atoms with Crippen LogP contribution in [-0.2, 0) is 4.74 Å². The van der Waals surface area contributed by atoms with Gasteiger partial charge in [0.2, 0.25) is 5.88 Å². The van der Waals surface area contributed by atoms with Gasteiger partial charge in [-0.25, -0.2) is 0 Å². The van der Waals surface area contributed by atoms with Gasteiger partial charge in [-0.1, -0.05) is 23.4 Å². The number of hydrogen-bond donors (Lipinski definition) is 1. The number of nitrogens with zero attached hydrogens (tertiary/aromatic N) is 1. The quantitative estimate of drug-likeness (QED) is 0.903. The van der Waals surface area contributed by atoms with Gasteiger partial charge in [-0.2, -0.15) is 0 Å². The molecule has 0 amide bonds. The van der Waals surface area contributed by atoms with Gasteiger partial charge >= 0.3 is 0 Å². The van der Waals surface area contributed by atoms with Crippen molar-refractivity contribution in [1.29, 1.82) is 0 Å². The number of aromatic nitrogens is 1. The Morgan fingerprint density at radius 3 is 2.76 bits per heavy atom. The number of anilines is 1. The van der Waals surface area contributed by atoms with Crippen LogP contribution in [0.1, 0.15) is 0 Å². The second-order valence-corrected chi connectivity index (χ2v) is 5.23. The summed E-state index contributed by atoms with van der Waals surface area (Å²) in [7, 11) is 0. The first-order chi connectivity index (χ1) is 8.33. The first-order valence-electron chi connectivity index (χ1n) is 5.39. The monoisotopic (exact) mass is 248 g/mol. The second kappa shape index (κ2) is 4.43. The maximum atomic E-state index is 5.55. The fourth-order valence-electron chi connectivity index (χ4n) is 1.66. The van der Waals surface area contributed by atoms with Gasteiger partial charge in [-0.3, -0.25) is 0 Å². The SMILES string of the molecule is Nc1cc(-c2ccccc2SC2COC2)no1. The summed E-state index contributed by atoms with van der Waals surface area (Å²) in [6, 6.07) is 9.87. The summed E-state index contributed by atoms with van der Waals surface area (Å²) in [5.41, 5.74) is 7.39. The third kappa shape index (κ3) is 2.16. The zero-order valence-electron chi connectivity index (χ0n) is 9.13. The van der Waals surface area contributed by atoms with Gasteiger partial charge in [-0.05, 0) is 6.07 Å². The van der Waals surface area contributed by atoms with Crippen molar-refractivity contribution in [2.24, 2.45) is 0 Å². The zero-order chi connectivity index (χ0) is 11.7. The average Bonchev–Trinajstić information content (AvgIpc) is 2.71. The highest BCUT2D eigenvalue weighted by Crippen LogP contribution is 2.35. The van der Waals surface area contributed by atoms with E-state index in [4.69, 9.17) is 15.0 Å². The molecule has 4 nitrogen and oxygen atoms in total. The lowest BCUT2D eigenvalue weighted by Gasteiger charge is -2.25. The highest BCUT2D eigenvalue weighted by Gasteiger charge is 2.21. The number of nitrogens with two attached hydrogens (primary N) is 1. The standard InChI is InChI=1S/C12H12N2O2S/c13-12-5-10(14-16-12)9-3-1-2-4-11(9)17-8-6-15-7-8/h1-5,8H,6-7,13H2. The Balaban J connectivity index is 1.92. The molecule has 5 heteroatoms. The molecule has 17 heavy (non-hydrogen) atoms. The first-order valence-corrected chi connectivity index (χ1v) is 6.27. The largest absolute Gasteiger partial charge is 0.379 e. The minimum atomic E-state index is 0.340. The minimum absolute atomic E-state index is 0.340. The lowest BCUT2D eigenvalue weighted by molar-refractivity contribution is 0.0455. The lowest BCUT2D eigenvalue weighted by atomic mass is 10.1. The van der Waals surface area contributed by atoms with Crippen LogP contribution in [-0.4, -0.2) is 23.6 Å². The Labute approximate surface area is 103 Å². The molecule has 1 aliphatic heterocycles. The molecule has 1 aromatic carbocycles. The molecule has 2 N–H and O–H groups in total. The van der Waals surface area contributed by atoms with E-state index in [2.05, 4.69) is 11.2 Å². The normalized spacial score (nSPS) is 15.8. The number of thioether (sulfide) groups is 1. The van der Waals surface area contributed by atoms with Crippen LogP contribution in [0.25, 0.3) is 11.3 Å². The van der Waals surface area contributed by atoms with Crippen LogP contribution < -0.4 is 5.73 Å². The first kappa shape index (κ1) is 10.7. The third-order valence-electron chi connectivity index (χ3n) is 2.59. The molecule has 0 spiro atoms. The summed E-state index contributed by atoms with van der Waals surface area (Å²) >= 11 is 1.81. The predicted octanol–water partition coefficient (Wildman–Crippen LogP) is 2.41. The van der Waals surface area contributed by atoms with Gasteiger partial charge in [0.15, 0.2) is 0 Å². The molecular weight excluding hydrogens is 236 g/mol. The van der Waals surface area contributed by atoms with Crippen LogP contribution in [0.15, 0.2) is 39.8 Å². The molecule has 2 heterocycles. The van der Waals surface area contributed by atoms with Gasteiger partial charge in [0, 0.05) is 16.5 Å². The highest BCUT2D eigenvalue weighted by molar-refractivity contribution is 8.00. The van der Waals surface area contributed by atoms with Gasteiger partial charge in [0.25, 0.3) is 0 Å². The number of nitrogen functional groups attached to an aromatic ring is 1. The van der Waals surface area contributed by atoms with Crippen molar-refractivity contribution < 1.29 is 9.26 Å². The minimum Gasteiger partial charge on any atom is -0.379 e. The summed E-state index contributed by atoms with van der Waals surface area (Å²) in [5.74, 6) is 0.340. The Morgan fingerprint density at radius 2 is 2.12 bits per heavy atom. The molecule has 1 aromatic heterocycles. The molecule has 88 valence electrons. The second-order valence-electron chi connectivity index (χ2n) is 3.89. The molecule has 1 saturated heterocycles. The van der Waals surface area contributed by atoms with Crippen LogP contribution in [0.4, 0.5) is 5.88 Å². The third-order valence-corrected chi connectivity index (χ3v) is 3.81. The zero-order valence-corrected chi connectivity index (χ0v) is 9.94. The van der Waals surface area contributed by atoms with Crippen molar-refractivity contribution in [3.8, 4) is 11.3 Å². The van der Waals surface area contributed by atoms with Crippen LogP contribution >= 0.6 is 11.8 Å². The van der Waals surface area contributed by atoms with E-state index in [9.17, 15) is 0 Å². The van der Waals surface area contributed by atoms with Gasteiger partial charge in [0.1, 0.15) is 5.69 Å².